The summed E-state index contributed by atoms with van der Waals surface area (Å²) < 4.78 is 33.8. The van der Waals surface area contributed by atoms with Gasteiger partial charge >= 0.3 is 10.2 Å². The second-order valence-corrected chi connectivity index (χ2v) is 6.64. The normalized spacial score (nSPS) is 16.6. The Morgan fingerprint density at radius 1 is 1.45 bits per heavy atom. The fourth-order valence-corrected chi connectivity index (χ4v) is 3.39. The SMILES string of the molecule is COC1CN(S(=O)(=O)NC(=O)c2cnc3ccnn3c2C)C1. The maximum atomic E-state index is 12.2. The molecule has 0 unspecified atom stereocenters. The molecule has 118 valence electrons. The van der Waals surface area contributed by atoms with Crippen LogP contribution in [0.3, 0.4) is 0 Å². The Morgan fingerprint density at radius 2 is 2.18 bits per heavy atom. The molecule has 1 N–H and O–H groups in total. The smallest absolute Gasteiger partial charge is 0.304 e. The van der Waals surface area contributed by atoms with Gasteiger partial charge in [0, 0.05) is 32.5 Å². The lowest BCUT2D eigenvalue weighted by molar-refractivity contribution is 0.0119. The second kappa shape index (κ2) is 5.30. The predicted octanol–water partition coefficient (Wildman–Crippen LogP) is -0.657. The molecular weight excluding hydrogens is 310 g/mol. The molecule has 0 radical (unpaired) electrons. The van der Waals surface area contributed by atoms with Crippen molar-refractivity contribution in [3.05, 3.63) is 29.7 Å². The molecule has 3 rings (SSSR count). The van der Waals surface area contributed by atoms with Crippen molar-refractivity contribution in [2.75, 3.05) is 20.2 Å². The molecule has 3 heterocycles. The first kappa shape index (κ1) is 14.9. The molecule has 0 aliphatic carbocycles. The van der Waals surface area contributed by atoms with Gasteiger partial charge < -0.3 is 4.74 Å². The number of carbonyl (C=O) groups is 1. The van der Waals surface area contributed by atoms with Gasteiger partial charge in [-0.25, -0.2) is 14.2 Å². The van der Waals surface area contributed by atoms with E-state index in [9.17, 15) is 13.2 Å². The predicted molar refractivity (Wildman–Crippen MR) is 76.5 cm³/mol. The molecule has 1 aliphatic heterocycles. The zero-order valence-electron chi connectivity index (χ0n) is 12.1. The maximum Gasteiger partial charge on any atom is 0.304 e. The van der Waals surface area contributed by atoms with Crippen LogP contribution < -0.4 is 4.72 Å². The molecule has 2 aromatic heterocycles. The van der Waals surface area contributed by atoms with Crippen molar-refractivity contribution in [3.63, 3.8) is 0 Å². The average Bonchev–Trinajstić information content (AvgIpc) is 2.85. The number of aromatic nitrogens is 3. The molecule has 1 fully saturated rings. The molecule has 1 amide bonds. The summed E-state index contributed by atoms with van der Waals surface area (Å²) in [5.74, 6) is -0.733. The molecule has 0 spiro atoms. The molecule has 1 aliphatic rings. The second-order valence-electron chi connectivity index (χ2n) is 4.97. The summed E-state index contributed by atoms with van der Waals surface area (Å²) in [6.07, 6.45) is 2.76. The first-order valence-corrected chi connectivity index (χ1v) is 8.01. The Bertz CT molecular complexity index is 825. The molecule has 0 atom stereocenters. The standard InChI is InChI=1S/C12H15N5O4S/c1-8-10(5-13-11-3-4-14-17(8)11)12(18)15-22(19,20)16-6-9(7-16)21-2/h3-5,9H,6-7H2,1-2H3,(H,15,18). The van der Waals surface area contributed by atoms with Crippen molar-refractivity contribution in [2.24, 2.45) is 0 Å². The summed E-state index contributed by atoms with van der Waals surface area (Å²) in [6.45, 7) is 2.14. The van der Waals surface area contributed by atoms with Gasteiger partial charge in [-0.15, -0.1) is 0 Å². The number of amides is 1. The van der Waals surface area contributed by atoms with E-state index in [2.05, 4.69) is 10.1 Å². The summed E-state index contributed by atoms with van der Waals surface area (Å²) in [5, 5.41) is 4.04. The first-order valence-electron chi connectivity index (χ1n) is 6.56. The van der Waals surface area contributed by atoms with E-state index < -0.39 is 16.1 Å². The largest absolute Gasteiger partial charge is 0.379 e. The number of fused-ring (bicyclic) bond motifs is 1. The number of nitrogens with one attached hydrogen (secondary N) is 1. The van der Waals surface area contributed by atoms with Gasteiger partial charge in [-0.2, -0.15) is 17.8 Å². The fourth-order valence-electron chi connectivity index (χ4n) is 2.20. The summed E-state index contributed by atoms with van der Waals surface area (Å²) in [5.41, 5.74) is 1.26. The minimum absolute atomic E-state index is 0.129. The van der Waals surface area contributed by atoms with Crippen LogP contribution in [0.15, 0.2) is 18.5 Å². The Balaban J connectivity index is 1.80. The molecule has 9 nitrogen and oxygen atoms in total. The van der Waals surface area contributed by atoms with Gasteiger partial charge in [0.15, 0.2) is 5.65 Å². The van der Waals surface area contributed by atoms with Crippen molar-refractivity contribution < 1.29 is 17.9 Å². The molecule has 1 saturated heterocycles. The van der Waals surface area contributed by atoms with Crippen LogP contribution in [0.2, 0.25) is 0 Å². The highest BCUT2D eigenvalue weighted by atomic mass is 32.2. The van der Waals surface area contributed by atoms with Crippen molar-refractivity contribution in [1.29, 1.82) is 0 Å². The highest BCUT2D eigenvalue weighted by Crippen LogP contribution is 2.15. The monoisotopic (exact) mass is 325 g/mol. The third kappa shape index (κ3) is 2.45. The summed E-state index contributed by atoms with van der Waals surface area (Å²) in [6, 6.07) is 1.69. The van der Waals surface area contributed by atoms with Crippen LogP contribution in [0, 0.1) is 6.92 Å². The number of rotatable bonds is 4. The number of nitrogens with zero attached hydrogens (tertiary/aromatic N) is 4. The average molecular weight is 325 g/mol. The molecule has 0 saturated carbocycles. The van der Waals surface area contributed by atoms with Crippen LogP contribution in [-0.2, 0) is 14.9 Å². The van der Waals surface area contributed by atoms with Crippen molar-refractivity contribution in [3.8, 4) is 0 Å². The van der Waals surface area contributed by atoms with Gasteiger partial charge in [0.1, 0.15) is 0 Å². The molecular formula is C12H15N5O4S. The van der Waals surface area contributed by atoms with Gasteiger partial charge in [0.05, 0.1) is 23.6 Å². The first-order chi connectivity index (χ1) is 10.4. The van der Waals surface area contributed by atoms with Gasteiger partial charge in [0.2, 0.25) is 0 Å². The molecule has 10 heteroatoms. The van der Waals surface area contributed by atoms with Crippen LogP contribution in [-0.4, -0.2) is 59.5 Å². The fraction of sp³-hybridized carbons (Fsp3) is 0.417. The Morgan fingerprint density at radius 3 is 2.86 bits per heavy atom. The number of hydrogen-bond donors (Lipinski definition) is 1. The number of carbonyl (C=O) groups excluding carboxylic acids is 1. The van der Waals surface area contributed by atoms with Gasteiger partial charge in [-0.1, -0.05) is 0 Å². The zero-order chi connectivity index (χ0) is 15.9. The quantitative estimate of drug-likeness (QED) is 0.800. The van der Waals surface area contributed by atoms with Crippen LogP contribution in [0.1, 0.15) is 16.1 Å². The van der Waals surface area contributed by atoms with E-state index in [0.717, 1.165) is 4.31 Å². The third-order valence-corrected chi connectivity index (χ3v) is 5.03. The lowest BCUT2D eigenvalue weighted by atomic mass is 10.2. The Hall–Kier alpha value is -2.04. The zero-order valence-corrected chi connectivity index (χ0v) is 12.9. The number of hydrogen-bond acceptors (Lipinski definition) is 6. The van der Waals surface area contributed by atoms with Crippen LogP contribution in [0.25, 0.3) is 5.65 Å². The highest BCUT2D eigenvalue weighted by molar-refractivity contribution is 7.87. The van der Waals surface area contributed by atoms with Crippen molar-refractivity contribution in [2.45, 2.75) is 13.0 Å². The van der Waals surface area contributed by atoms with E-state index in [4.69, 9.17) is 4.74 Å². The van der Waals surface area contributed by atoms with E-state index >= 15 is 0 Å². The Kier molecular flexibility index (Phi) is 3.59. The van der Waals surface area contributed by atoms with E-state index in [1.54, 1.807) is 19.2 Å². The maximum absolute atomic E-state index is 12.2. The van der Waals surface area contributed by atoms with E-state index in [1.807, 2.05) is 4.72 Å². The van der Waals surface area contributed by atoms with E-state index in [1.165, 1.54) is 17.8 Å². The van der Waals surface area contributed by atoms with Crippen molar-refractivity contribution >= 4 is 21.8 Å². The molecule has 2 aromatic rings. The summed E-state index contributed by atoms with van der Waals surface area (Å²) >= 11 is 0. The van der Waals surface area contributed by atoms with Crippen LogP contribution in [0.5, 0.6) is 0 Å². The van der Waals surface area contributed by atoms with Gasteiger partial charge in [-0.3, -0.25) is 4.79 Å². The molecule has 0 aromatic carbocycles. The summed E-state index contributed by atoms with van der Waals surface area (Å²) in [7, 11) is -2.36. The third-order valence-electron chi connectivity index (χ3n) is 3.61. The van der Waals surface area contributed by atoms with Gasteiger partial charge in [-0.05, 0) is 6.92 Å². The van der Waals surface area contributed by atoms with Crippen LogP contribution >= 0.6 is 0 Å². The number of methoxy groups -OCH3 is 1. The van der Waals surface area contributed by atoms with E-state index in [0.29, 0.717) is 11.3 Å². The number of aryl methyl sites for hydroxylation is 1. The summed E-state index contributed by atoms with van der Waals surface area (Å²) in [4.78, 5) is 16.3. The minimum atomic E-state index is -3.87. The van der Waals surface area contributed by atoms with Gasteiger partial charge in [0.25, 0.3) is 5.91 Å². The lowest BCUT2D eigenvalue weighted by Crippen LogP contribution is -2.58. The van der Waals surface area contributed by atoms with Crippen molar-refractivity contribution in [1.82, 2.24) is 23.6 Å². The Labute approximate surface area is 127 Å². The molecule has 22 heavy (non-hydrogen) atoms. The lowest BCUT2D eigenvalue weighted by Gasteiger charge is -2.36. The number of ether oxygens (including phenoxy) is 1. The van der Waals surface area contributed by atoms with E-state index in [-0.39, 0.29) is 24.8 Å². The highest BCUT2D eigenvalue weighted by Gasteiger charge is 2.37. The molecule has 0 bridgehead atoms. The topological polar surface area (TPSA) is 106 Å². The minimum Gasteiger partial charge on any atom is -0.379 e. The van der Waals surface area contributed by atoms with Crippen LogP contribution in [0.4, 0.5) is 0 Å².